The lowest BCUT2D eigenvalue weighted by atomic mass is 10.00. The molecular weight excluding hydrogens is 220 g/mol. The average Bonchev–Trinajstić information content (AvgIpc) is 2.73. The second-order valence-electron chi connectivity index (χ2n) is 4.15. The quantitative estimate of drug-likeness (QED) is 0.863. The van der Waals surface area contributed by atoms with E-state index < -0.39 is 6.10 Å². The number of aryl methyl sites for hydroxylation is 3. The van der Waals surface area contributed by atoms with E-state index in [1.807, 2.05) is 39.1 Å². The first kappa shape index (κ1) is 11.4. The SMILES string of the molecule is Cc1cc(C(O)c2c(C)oc(C)c2C)cs1. The topological polar surface area (TPSA) is 33.4 Å². The molecule has 2 nitrogen and oxygen atoms in total. The summed E-state index contributed by atoms with van der Waals surface area (Å²) in [5, 5.41) is 12.3. The Kier molecular flexibility index (Phi) is 2.91. The van der Waals surface area contributed by atoms with Crippen LogP contribution in [0.3, 0.4) is 0 Å². The standard InChI is InChI=1S/C13H16O2S/c1-7-5-11(6-16-7)13(14)12-8(2)9(3)15-10(12)4/h5-6,13-14H,1-4H3. The van der Waals surface area contributed by atoms with E-state index in [4.69, 9.17) is 4.42 Å². The summed E-state index contributed by atoms with van der Waals surface area (Å²) in [5.41, 5.74) is 2.92. The Labute approximate surface area is 99.5 Å². The predicted molar refractivity (Wildman–Crippen MR) is 66.0 cm³/mol. The van der Waals surface area contributed by atoms with Crippen LogP contribution in [-0.2, 0) is 0 Å². The number of thiophene rings is 1. The second-order valence-corrected chi connectivity index (χ2v) is 5.26. The van der Waals surface area contributed by atoms with Gasteiger partial charge in [0.2, 0.25) is 0 Å². The average molecular weight is 236 g/mol. The van der Waals surface area contributed by atoms with Gasteiger partial charge in [0.1, 0.15) is 17.6 Å². The van der Waals surface area contributed by atoms with Crippen LogP contribution in [0.15, 0.2) is 15.9 Å². The van der Waals surface area contributed by atoms with Crippen molar-refractivity contribution < 1.29 is 9.52 Å². The minimum Gasteiger partial charge on any atom is -0.466 e. The van der Waals surface area contributed by atoms with Gasteiger partial charge in [0.25, 0.3) is 0 Å². The molecule has 2 aromatic heterocycles. The number of aliphatic hydroxyl groups is 1. The summed E-state index contributed by atoms with van der Waals surface area (Å²) in [6.45, 7) is 7.86. The molecule has 1 N–H and O–H groups in total. The first-order valence-corrected chi connectivity index (χ1v) is 6.18. The van der Waals surface area contributed by atoms with E-state index >= 15 is 0 Å². The smallest absolute Gasteiger partial charge is 0.108 e. The number of rotatable bonds is 2. The molecule has 2 rings (SSSR count). The van der Waals surface area contributed by atoms with Crippen molar-refractivity contribution in [2.75, 3.05) is 0 Å². The lowest BCUT2D eigenvalue weighted by Crippen LogP contribution is -2.00. The molecule has 0 amide bonds. The van der Waals surface area contributed by atoms with Crippen molar-refractivity contribution in [1.29, 1.82) is 0 Å². The molecule has 0 fully saturated rings. The van der Waals surface area contributed by atoms with E-state index in [1.54, 1.807) is 11.3 Å². The highest BCUT2D eigenvalue weighted by atomic mass is 32.1. The third kappa shape index (κ3) is 1.81. The molecule has 1 atom stereocenters. The van der Waals surface area contributed by atoms with Gasteiger partial charge in [-0.05, 0) is 50.3 Å². The fraction of sp³-hybridized carbons (Fsp3) is 0.385. The highest BCUT2D eigenvalue weighted by Gasteiger charge is 2.21. The number of aliphatic hydroxyl groups excluding tert-OH is 1. The summed E-state index contributed by atoms with van der Waals surface area (Å²) in [7, 11) is 0. The molecular formula is C13H16O2S. The number of furan rings is 1. The molecule has 1 unspecified atom stereocenters. The molecule has 0 aliphatic heterocycles. The van der Waals surface area contributed by atoms with Crippen LogP contribution >= 0.6 is 11.3 Å². The van der Waals surface area contributed by atoms with Crippen molar-refractivity contribution in [3.8, 4) is 0 Å². The third-order valence-electron chi connectivity index (χ3n) is 2.96. The van der Waals surface area contributed by atoms with Crippen LogP contribution in [0.2, 0.25) is 0 Å². The molecule has 2 aromatic rings. The van der Waals surface area contributed by atoms with E-state index in [0.717, 1.165) is 28.2 Å². The van der Waals surface area contributed by atoms with Crippen molar-refractivity contribution in [2.45, 2.75) is 33.8 Å². The fourth-order valence-electron chi connectivity index (χ4n) is 1.99. The Morgan fingerprint density at radius 2 is 1.88 bits per heavy atom. The Hall–Kier alpha value is -1.06. The van der Waals surface area contributed by atoms with Gasteiger partial charge in [-0.25, -0.2) is 0 Å². The van der Waals surface area contributed by atoms with Crippen molar-refractivity contribution >= 4 is 11.3 Å². The van der Waals surface area contributed by atoms with Gasteiger partial charge in [0.15, 0.2) is 0 Å². The highest BCUT2D eigenvalue weighted by Crippen LogP contribution is 2.32. The Bertz CT molecular complexity index is 508. The van der Waals surface area contributed by atoms with E-state index in [0.29, 0.717) is 0 Å². The Morgan fingerprint density at radius 1 is 1.19 bits per heavy atom. The third-order valence-corrected chi connectivity index (χ3v) is 3.84. The Morgan fingerprint density at radius 3 is 2.31 bits per heavy atom. The van der Waals surface area contributed by atoms with E-state index in [2.05, 4.69) is 0 Å². The molecule has 0 aliphatic rings. The van der Waals surface area contributed by atoms with Crippen molar-refractivity contribution in [1.82, 2.24) is 0 Å². The van der Waals surface area contributed by atoms with E-state index in [-0.39, 0.29) is 0 Å². The van der Waals surface area contributed by atoms with Gasteiger partial charge in [0.05, 0.1) is 0 Å². The first-order valence-electron chi connectivity index (χ1n) is 5.30. The van der Waals surface area contributed by atoms with Gasteiger partial charge in [0, 0.05) is 10.4 Å². The second kappa shape index (κ2) is 4.07. The monoisotopic (exact) mass is 236 g/mol. The largest absolute Gasteiger partial charge is 0.466 e. The van der Waals surface area contributed by atoms with Crippen molar-refractivity contribution in [3.63, 3.8) is 0 Å². The Balaban J connectivity index is 2.44. The van der Waals surface area contributed by atoms with Gasteiger partial charge in [-0.2, -0.15) is 0 Å². The van der Waals surface area contributed by atoms with E-state index in [9.17, 15) is 5.11 Å². The molecule has 3 heteroatoms. The maximum absolute atomic E-state index is 10.3. The molecule has 0 aliphatic carbocycles. The summed E-state index contributed by atoms with van der Waals surface area (Å²) < 4.78 is 5.54. The molecule has 0 saturated heterocycles. The van der Waals surface area contributed by atoms with Crippen LogP contribution in [0.25, 0.3) is 0 Å². The summed E-state index contributed by atoms with van der Waals surface area (Å²) in [6.07, 6.45) is -0.567. The molecule has 0 bridgehead atoms. The lowest BCUT2D eigenvalue weighted by Gasteiger charge is -2.09. The molecule has 86 valence electrons. The predicted octanol–water partition coefficient (Wildman–Crippen LogP) is 3.66. The maximum atomic E-state index is 10.3. The minimum atomic E-state index is -0.567. The maximum Gasteiger partial charge on any atom is 0.108 e. The number of hydrogen-bond donors (Lipinski definition) is 1. The zero-order chi connectivity index (χ0) is 11.9. The molecule has 0 radical (unpaired) electrons. The van der Waals surface area contributed by atoms with Crippen LogP contribution in [0.4, 0.5) is 0 Å². The van der Waals surface area contributed by atoms with Crippen LogP contribution in [0.1, 0.15) is 39.2 Å². The van der Waals surface area contributed by atoms with Gasteiger partial charge in [-0.15, -0.1) is 11.3 Å². The number of hydrogen-bond acceptors (Lipinski definition) is 3. The van der Waals surface area contributed by atoms with Crippen LogP contribution < -0.4 is 0 Å². The summed E-state index contributed by atoms with van der Waals surface area (Å²) >= 11 is 1.66. The first-order chi connectivity index (χ1) is 7.50. The lowest BCUT2D eigenvalue weighted by molar-refractivity contribution is 0.218. The van der Waals surface area contributed by atoms with Crippen molar-refractivity contribution in [2.24, 2.45) is 0 Å². The summed E-state index contributed by atoms with van der Waals surface area (Å²) in [5.74, 6) is 1.70. The van der Waals surface area contributed by atoms with Crippen molar-refractivity contribution in [3.05, 3.63) is 44.5 Å². The molecule has 16 heavy (non-hydrogen) atoms. The van der Waals surface area contributed by atoms with Gasteiger partial charge < -0.3 is 9.52 Å². The normalized spacial score (nSPS) is 13.1. The van der Waals surface area contributed by atoms with Gasteiger partial charge in [-0.1, -0.05) is 0 Å². The molecule has 2 heterocycles. The molecule has 0 saturated carbocycles. The van der Waals surface area contributed by atoms with Crippen LogP contribution in [0, 0.1) is 27.7 Å². The molecule has 0 spiro atoms. The fourth-order valence-corrected chi connectivity index (χ4v) is 2.71. The highest BCUT2D eigenvalue weighted by molar-refractivity contribution is 7.10. The van der Waals surface area contributed by atoms with E-state index in [1.165, 1.54) is 4.88 Å². The zero-order valence-corrected chi connectivity index (χ0v) is 10.8. The van der Waals surface area contributed by atoms with Crippen LogP contribution in [0.5, 0.6) is 0 Å². The van der Waals surface area contributed by atoms with Gasteiger partial charge >= 0.3 is 0 Å². The summed E-state index contributed by atoms with van der Waals surface area (Å²) in [4.78, 5) is 1.21. The minimum absolute atomic E-state index is 0.567. The van der Waals surface area contributed by atoms with Crippen LogP contribution in [-0.4, -0.2) is 5.11 Å². The summed E-state index contributed by atoms with van der Waals surface area (Å²) in [6, 6.07) is 2.02. The molecule has 0 aromatic carbocycles. The zero-order valence-electron chi connectivity index (χ0n) is 10.00. The van der Waals surface area contributed by atoms with Gasteiger partial charge in [-0.3, -0.25) is 0 Å².